The van der Waals surface area contributed by atoms with E-state index in [9.17, 15) is 13.9 Å². The van der Waals surface area contributed by atoms with Crippen LogP contribution in [-0.4, -0.2) is 15.9 Å². The number of halogens is 2. The number of fused-ring (bicyclic) bond motifs is 1. The van der Waals surface area contributed by atoms with Crippen molar-refractivity contribution >= 4 is 40.6 Å². The third-order valence-corrected chi connectivity index (χ3v) is 5.44. The van der Waals surface area contributed by atoms with E-state index in [2.05, 4.69) is 9.98 Å². The Hall–Kier alpha value is -3.06. The third-order valence-electron chi connectivity index (χ3n) is 4.43. The van der Waals surface area contributed by atoms with Crippen LogP contribution < -0.4 is 4.80 Å². The first-order valence-corrected chi connectivity index (χ1v) is 10.0. The smallest absolute Gasteiger partial charge is 0.211 e. The second kappa shape index (κ2) is 7.75. The normalized spacial score (nSPS) is 14.9. The maximum Gasteiger partial charge on any atom is 0.211 e. The maximum atomic E-state index is 14.1. The molecule has 4 rings (SSSR count). The Morgan fingerprint density at radius 2 is 2.00 bits per heavy atom. The summed E-state index contributed by atoms with van der Waals surface area (Å²) in [7, 11) is 0. The molecule has 1 N–H and O–H groups in total. The SMILES string of the molecule is CC(C)Cn1c(O)c(/C=C2\C=Nc3ccccc32)sc1=Nc1ccc(F)cc1F. The third kappa shape index (κ3) is 3.91. The molecule has 0 fully saturated rings. The van der Waals surface area contributed by atoms with E-state index in [-0.39, 0.29) is 17.5 Å². The van der Waals surface area contributed by atoms with E-state index in [0.29, 0.717) is 16.2 Å². The summed E-state index contributed by atoms with van der Waals surface area (Å²) in [5.41, 5.74) is 2.77. The Kier molecular flexibility index (Phi) is 5.15. The van der Waals surface area contributed by atoms with Crippen molar-refractivity contribution < 1.29 is 13.9 Å². The molecular formula is C22H19F2N3OS. The largest absolute Gasteiger partial charge is 0.493 e. The van der Waals surface area contributed by atoms with Crippen molar-refractivity contribution in [1.82, 2.24) is 4.57 Å². The molecule has 1 aromatic heterocycles. The lowest BCUT2D eigenvalue weighted by Gasteiger charge is -2.08. The minimum absolute atomic E-state index is 0.0251. The van der Waals surface area contributed by atoms with Crippen LogP contribution in [0.5, 0.6) is 5.88 Å². The summed E-state index contributed by atoms with van der Waals surface area (Å²) in [6, 6.07) is 11.0. The van der Waals surface area contributed by atoms with E-state index in [1.165, 1.54) is 17.4 Å². The Bertz CT molecular complexity index is 1210. The summed E-state index contributed by atoms with van der Waals surface area (Å²) in [4.78, 5) is 9.78. The van der Waals surface area contributed by atoms with E-state index in [1.807, 2.05) is 44.2 Å². The zero-order valence-corrected chi connectivity index (χ0v) is 16.8. The number of allylic oxidation sites excluding steroid dienone is 1. The molecule has 0 unspecified atom stereocenters. The van der Waals surface area contributed by atoms with Gasteiger partial charge >= 0.3 is 0 Å². The number of aromatic hydroxyl groups is 1. The molecule has 148 valence electrons. The van der Waals surface area contributed by atoms with Gasteiger partial charge < -0.3 is 5.11 Å². The fourth-order valence-electron chi connectivity index (χ4n) is 3.10. The summed E-state index contributed by atoms with van der Waals surface area (Å²) in [5, 5.41) is 10.8. The lowest BCUT2D eigenvalue weighted by molar-refractivity contribution is 0.387. The van der Waals surface area contributed by atoms with Crippen molar-refractivity contribution in [2.45, 2.75) is 20.4 Å². The van der Waals surface area contributed by atoms with Gasteiger partial charge in [-0.25, -0.2) is 13.8 Å². The summed E-state index contributed by atoms with van der Waals surface area (Å²) in [5.74, 6) is -1.10. The van der Waals surface area contributed by atoms with Gasteiger partial charge in [-0.15, -0.1) is 0 Å². The Labute approximate surface area is 170 Å². The molecule has 29 heavy (non-hydrogen) atoms. The van der Waals surface area contributed by atoms with Gasteiger partial charge in [0.25, 0.3) is 0 Å². The topological polar surface area (TPSA) is 49.9 Å². The lowest BCUT2D eigenvalue weighted by Crippen LogP contribution is -2.17. The standard InChI is InChI=1S/C22H19F2N3OS/c1-13(2)12-27-21(28)20(9-14-11-25-18-6-4-3-5-16(14)18)29-22(27)26-19-8-7-15(23)10-17(19)24/h3-11,13,28H,12H2,1-2H3/b14-9+,26-22?. The second-order valence-corrected chi connectivity index (χ2v) is 8.17. The van der Waals surface area contributed by atoms with Gasteiger partial charge in [0.1, 0.15) is 11.5 Å². The first-order chi connectivity index (χ1) is 13.9. The predicted octanol–water partition coefficient (Wildman–Crippen LogP) is 5.68. The minimum Gasteiger partial charge on any atom is -0.493 e. The highest BCUT2D eigenvalue weighted by Gasteiger charge is 2.17. The number of hydrogen-bond acceptors (Lipinski definition) is 4. The van der Waals surface area contributed by atoms with Gasteiger partial charge in [0.2, 0.25) is 5.88 Å². The molecule has 0 atom stereocenters. The van der Waals surface area contributed by atoms with Crippen LogP contribution in [0.25, 0.3) is 11.6 Å². The predicted molar refractivity (Wildman–Crippen MR) is 113 cm³/mol. The van der Waals surface area contributed by atoms with Crippen molar-refractivity contribution in [3.63, 3.8) is 0 Å². The first-order valence-electron chi connectivity index (χ1n) is 9.20. The zero-order valence-electron chi connectivity index (χ0n) is 15.9. The number of thiazole rings is 1. The van der Waals surface area contributed by atoms with Crippen molar-refractivity contribution in [3.8, 4) is 5.88 Å². The fraction of sp³-hybridized carbons (Fsp3) is 0.182. The van der Waals surface area contributed by atoms with Crippen LogP contribution in [0.2, 0.25) is 0 Å². The summed E-state index contributed by atoms with van der Waals surface area (Å²) in [6.07, 6.45) is 3.61. The molecule has 3 aromatic rings. The van der Waals surface area contributed by atoms with E-state index in [1.54, 1.807) is 10.8 Å². The van der Waals surface area contributed by atoms with Crippen LogP contribution in [-0.2, 0) is 6.54 Å². The van der Waals surface area contributed by atoms with E-state index >= 15 is 0 Å². The molecule has 0 aliphatic carbocycles. The van der Waals surface area contributed by atoms with Crippen LogP contribution in [0.15, 0.2) is 52.4 Å². The van der Waals surface area contributed by atoms with Crippen LogP contribution in [0, 0.1) is 17.6 Å². The number of para-hydroxylation sites is 1. The first kappa shape index (κ1) is 19.3. The molecule has 0 saturated carbocycles. The molecule has 0 amide bonds. The molecule has 0 saturated heterocycles. The highest BCUT2D eigenvalue weighted by Crippen LogP contribution is 2.34. The van der Waals surface area contributed by atoms with Gasteiger partial charge in [0.05, 0.1) is 10.6 Å². The van der Waals surface area contributed by atoms with Gasteiger partial charge in [-0.3, -0.25) is 9.56 Å². The number of aromatic nitrogens is 1. The average Bonchev–Trinajstić information content (AvgIpc) is 3.21. The van der Waals surface area contributed by atoms with Crippen LogP contribution in [0.3, 0.4) is 0 Å². The average molecular weight is 411 g/mol. The summed E-state index contributed by atoms with van der Waals surface area (Å²) < 4.78 is 29.0. The highest BCUT2D eigenvalue weighted by atomic mass is 32.1. The summed E-state index contributed by atoms with van der Waals surface area (Å²) in [6.45, 7) is 4.55. The molecule has 2 aromatic carbocycles. The molecule has 4 nitrogen and oxygen atoms in total. The van der Waals surface area contributed by atoms with Crippen LogP contribution in [0.4, 0.5) is 20.2 Å². The second-order valence-electron chi connectivity index (χ2n) is 7.16. The molecule has 7 heteroatoms. The molecule has 0 spiro atoms. The van der Waals surface area contributed by atoms with Gasteiger partial charge in [-0.05, 0) is 30.2 Å². The number of benzene rings is 2. The molecule has 1 aliphatic rings. The molecule has 2 heterocycles. The Balaban J connectivity index is 1.84. The van der Waals surface area contributed by atoms with Crippen molar-refractivity contribution in [2.75, 3.05) is 0 Å². The maximum absolute atomic E-state index is 14.1. The molecule has 0 bridgehead atoms. The lowest BCUT2D eigenvalue weighted by atomic mass is 10.1. The van der Waals surface area contributed by atoms with Gasteiger partial charge in [0.15, 0.2) is 10.6 Å². The van der Waals surface area contributed by atoms with Crippen molar-refractivity contribution in [1.29, 1.82) is 0 Å². The van der Waals surface area contributed by atoms with Crippen LogP contribution in [0.1, 0.15) is 24.3 Å². The fourth-order valence-corrected chi connectivity index (χ4v) is 4.10. The molecular weight excluding hydrogens is 392 g/mol. The number of aliphatic imine (C=N–C) groups is 1. The van der Waals surface area contributed by atoms with Gasteiger partial charge in [-0.2, -0.15) is 0 Å². The molecule has 1 aliphatic heterocycles. The highest BCUT2D eigenvalue weighted by molar-refractivity contribution is 7.10. The minimum atomic E-state index is -0.745. The van der Waals surface area contributed by atoms with Crippen molar-refractivity contribution in [2.24, 2.45) is 15.9 Å². The van der Waals surface area contributed by atoms with Crippen LogP contribution >= 0.6 is 11.3 Å². The number of nitrogens with zero attached hydrogens (tertiary/aromatic N) is 3. The Morgan fingerprint density at radius 1 is 1.21 bits per heavy atom. The van der Waals surface area contributed by atoms with E-state index in [4.69, 9.17) is 0 Å². The van der Waals surface area contributed by atoms with Crippen molar-refractivity contribution in [3.05, 3.63) is 69.3 Å². The zero-order chi connectivity index (χ0) is 20.5. The Morgan fingerprint density at radius 3 is 2.76 bits per heavy atom. The van der Waals surface area contributed by atoms with E-state index in [0.717, 1.165) is 29.0 Å². The summed E-state index contributed by atoms with van der Waals surface area (Å²) >= 11 is 1.25. The monoisotopic (exact) mass is 411 g/mol. The number of hydrogen-bond donors (Lipinski definition) is 1. The number of rotatable bonds is 4. The molecule has 0 radical (unpaired) electrons. The van der Waals surface area contributed by atoms with Gasteiger partial charge in [0, 0.05) is 30.0 Å². The quantitative estimate of drug-likeness (QED) is 0.590. The van der Waals surface area contributed by atoms with Gasteiger partial charge in [-0.1, -0.05) is 43.4 Å². The van der Waals surface area contributed by atoms with E-state index < -0.39 is 11.6 Å².